The molecule has 0 aromatic heterocycles. The Morgan fingerprint density at radius 2 is 1.52 bits per heavy atom. The minimum Gasteiger partial charge on any atom is -0.375 e. The molecule has 0 aliphatic heterocycles. The second-order valence-electron chi connectivity index (χ2n) is 6.60. The number of carbonyl (C=O) groups excluding carboxylic acids is 2. The van der Waals surface area contributed by atoms with Gasteiger partial charge in [0.2, 0.25) is 5.91 Å². The molecule has 0 aliphatic carbocycles. The number of rotatable bonds is 7. The molecule has 2 amide bonds. The van der Waals surface area contributed by atoms with E-state index in [1.807, 2.05) is 43.3 Å². The van der Waals surface area contributed by atoms with E-state index in [2.05, 4.69) is 16.0 Å². The number of carbonyl (C=O) groups is 2. The lowest BCUT2D eigenvalue weighted by Crippen LogP contribution is -2.26. The molecule has 0 saturated carbocycles. The van der Waals surface area contributed by atoms with Crippen LogP contribution in [-0.2, 0) is 11.3 Å². The summed E-state index contributed by atoms with van der Waals surface area (Å²) < 4.78 is 0. The van der Waals surface area contributed by atoms with Crippen LogP contribution in [0.2, 0.25) is 5.02 Å². The number of benzene rings is 3. The molecule has 0 saturated heterocycles. The monoisotopic (exact) mass is 407 g/mol. The van der Waals surface area contributed by atoms with E-state index in [-0.39, 0.29) is 18.4 Å². The van der Waals surface area contributed by atoms with Crippen LogP contribution in [-0.4, -0.2) is 18.4 Å². The summed E-state index contributed by atoms with van der Waals surface area (Å²) in [5.41, 5.74) is 3.71. The standard InChI is InChI=1S/C23H22ClN3O2/c1-16-10-12-17(13-11-16)14-26-23(29)18-6-2-4-8-20(18)27-22(28)15-25-21-9-5-3-7-19(21)24/h2-13,25H,14-15H2,1H3,(H,26,29)(H,27,28). The van der Waals surface area contributed by atoms with E-state index < -0.39 is 0 Å². The third-order valence-corrected chi connectivity index (χ3v) is 4.66. The fourth-order valence-electron chi connectivity index (χ4n) is 2.75. The normalized spacial score (nSPS) is 10.3. The predicted octanol–water partition coefficient (Wildman–Crippen LogP) is 4.63. The Morgan fingerprint density at radius 3 is 2.24 bits per heavy atom. The van der Waals surface area contributed by atoms with E-state index in [9.17, 15) is 9.59 Å². The molecule has 0 aliphatic rings. The van der Waals surface area contributed by atoms with Gasteiger partial charge in [-0.1, -0.05) is 65.7 Å². The Labute approximate surface area is 175 Å². The maximum absolute atomic E-state index is 12.6. The van der Waals surface area contributed by atoms with Gasteiger partial charge in [0, 0.05) is 6.54 Å². The van der Waals surface area contributed by atoms with E-state index in [0.717, 1.165) is 5.56 Å². The van der Waals surface area contributed by atoms with Gasteiger partial charge in [0.1, 0.15) is 0 Å². The number of hydrogen-bond acceptors (Lipinski definition) is 3. The van der Waals surface area contributed by atoms with E-state index in [4.69, 9.17) is 11.6 Å². The average molecular weight is 408 g/mol. The number of nitrogens with one attached hydrogen (secondary N) is 3. The van der Waals surface area contributed by atoms with Gasteiger partial charge in [-0.15, -0.1) is 0 Å². The van der Waals surface area contributed by atoms with Crippen LogP contribution < -0.4 is 16.0 Å². The topological polar surface area (TPSA) is 70.2 Å². The van der Waals surface area contributed by atoms with Gasteiger partial charge in [-0.25, -0.2) is 0 Å². The lowest BCUT2D eigenvalue weighted by Gasteiger charge is -2.13. The molecule has 0 unspecified atom stereocenters. The second kappa shape index (κ2) is 9.75. The van der Waals surface area contributed by atoms with Gasteiger partial charge in [0.15, 0.2) is 0 Å². The van der Waals surface area contributed by atoms with E-state index in [1.54, 1.807) is 36.4 Å². The van der Waals surface area contributed by atoms with Crippen molar-refractivity contribution in [1.29, 1.82) is 0 Å². The molecule has 0 bridgehead atoms. The maximum Gasteiger partial charge on any atom is 0.253 e. The van der Waals surface area contributed by atoms with Gasteiger partial charge >= 0.3 is 0 Å². The van der Waals surface area contributed by atoms with Crippen molar-refractivity contribution in [3.8, 4) is 0 Å². The largest absolute Gasteiger partial charge is 0.375 e. The third kappa shape index (κ3) is 5.83. The highest BCUT2D eigenvalue weighted by Gasteiger charge is 2.13. The summed E-state index contributed by atoms with van der Waals surface area (Å²) in [6, 6.07) is 22.1. The molecule has 3 aromatic rings. The Balaban J connectivity index is 1.60. The molecule has 148 valence electrons. The number of anilines is 2. The molecule has 0 heterocycles. The molecule has 29 heavy (non-hydrogen) atoms. The highest BCUT2D eigenvalue weighted by atomic mass is 35.5. The zero-order chi connectivity index (χ0) is 20.6. The molecule has 3 N–H and O–H groups in total. The maximum atomic E-state index is 12.6. The smallest absolute Gasteiger partial charge is 0.253 e. The van der Waals surface area contributed by atoms with Gasteiger partial charge in [0.25, 0.3) is 5.91 Å². The van der Waals surface area contributed by atoms with Crippen LogP contribution in [0.1, 0.15) is 21.5 Å². The minimum atomic E-state index is -0.274. The first-order valence-corrected chi connectivity index (χ1v) is 9.62. The van der Waals surface area contributed by atoms with Crippen molar-refractivity contribution in [3.05, 3.63) is 94.5 Å². The molecule has 0 atom stereocenters. The van der Waals surface area contributed by atoms with Gasteiger partial charge in [-0.2, -0.15) is 0 Å². The molecular formula is C23H22ClN3O2. The number of amides is 2. The summed E-state index contributed by atoms with van der Waals surface area (Å²) in [5.74, 6) is -0.524. The summed E-state index contributed by atoms with van der Waals surface area (Å²) in [6.45, 7) is 2.46. The van der Waals surface area contributed by atoms with E-state index in [0.29, 0.717) is 28.5 Å². The summed E-state index contributed by atoms with van der Waals surface area (Å²) in [5, 5.41) is 9.20. The molecule has 3 rings (SSSR count). The zero-order valence-corrected chi connectivity index (χ0v) is 16.8. The highest BCUT2D eigenvalue weighted by molar-refractivity contribution is 6.33. The Kier molecular flexibility index (Phi) is 6.87. The number of halogens is 1. The number of aryl methyl sites for hydroxylation is 1. The van der Waals surface area contributed by atoms with Crippen molar-refractivity contribution >= 4 is 34.8 Å². The average Bonchev–Trinajstić information content (AvgIpc) is 2.73. The van der Waals surface area contributed by atoms with Crippen LogP contribution in [0.5, 0.6) is 0 Å². The first kappa shape index (κ1) is 20.4. The van der Waals surface area contributed by atoms with Crippen LogP contribution in [0.25, 0.3) is 0 Å². The van der Waals surface area contributed by atoms with Crippen LogP contribution in [0, 0.1) is 6.92 Å². The molecule has 3 aromatic carbocycles. The minimum absolute atomic E-state index is 0.0308. The number of para-hydroxylation sites is 2. The Morgan fingerprint density at radius 1 is 0.862 bits per heavy atom. The molecule has 0 radical (unpaired) electrons. The molecule has 5 nitrogen and oxygen atoms in total. The third-order valence-electron chi connectivity index (χ3n) is 4.33. The summed E-state index contributed by atoms with van der Waals surface area (Å²) in [6.07, 6.45) is 0. The molecule has 6 heteroatoms. The van der Waals surface area contributed by atoms with Crippen molar-refractivity contribution in [2.75, 3.05) is 17.2 Å². The van der Waals surface area contributed by atoms with Crippen LogP contribution in [0.15, 0.2) is 72.8 Å². The first-order valence-electron chi connectivity index (χ1n) is 9.24. The summed E-state index contributed by atoms with van der Waals surface area (Å²) >= 11 is 6.08. The van der Waals surface area contributed by atoms with Gasteiger partial charge in [-0.05, 0) is 36.8 Å². The Bertz CT molecular complexity index is 1000. The van der Waals surface area contributed by atoms with E-state index in [1.165, 1.54) is 5.56 Å². The predicted molar refractivity (Wildman–Crippen MR) is 117 cm³/mol. The summed E-state index contributed by atoms with van der Waals surface area (Å²) in [4.78, 5) is 25.0. The summed E-state index contributed by atoms with van der Waals surface area (Å²) in [7, 11) is 0. The van der Waals surface area contributed by atoms with Crippen LogP contribution in [0.3, 0.4) is 0 Å². The van der Waals surface area contributed by atoms with Crippen molar-refractivity contribution in [3.63, 3.8) is 0 Å². The van der Waals surface area contributed by atoms with Gasteiger partial charge < -0.3 is 16.0 Å². The van der Waals surface area contributed by atoms with Crippen molar-refractivity contribution < 1.29 is 9.59 Å². The zero-order valence-electron chi connectivity index (χ0n) is 16.0. The fourth-order valence-corrected chi connectivity index (χ4v) is 2.95. The van der Waals surface area contributed by atoms with Gasteiger partial charge in [-0.3, -0.25) is 9.59 Å². The fraction of sp³-hybridized carbons (Fsp3) is 0.130. The quantitative estimate of drug-likeness (QED) is 0.534. The SMILES string of the molecule is Cc1ccc(CNC(=O)c2ccccc2NC(=O)CNc2ccccc2Cl)cc1. The highest BCUT2D eigenvalue weighted by Crippen LogP contribution is 2.20. The second-order valence-corrected chi connectivity index (χ2v) is 7.00. The lowest BCUT2D eigenvalue weighted by atomic mass is 10.1. The van der Waals surface area contributed by atoms with Crippen LogP contribution >= 0.6 is 11.6 Å². The molecular weight excluding hydrogens is 386 g/mol. The lowest BCUT2D eigenvalue weighted by molar-refractivity contribution is -0.114. The van der Waals surface area contributed by atoms with Gasteiger partial charge in [0.05, 0.1) is 28.5 Å². The van der Waals surface area contributed by atoms with Crippen LogP contribution in [0.4, 0.5) is 11.4 Å². The molecule has 0 spiro atoms. The molecule has 0 fully saturated rings. The Hall–Kier alpha value is -3.31. The van der Waals surface area contributed by atoms with Crippen molar-refractivity contribution in [2.24, 2.45) is 0 Å². The van der Waals surface area contributed by atoms with E-state index >= 15 is 0 Å². The number of hydrogen-bond donors (Lipinski definition) is 3. The first-order chi connectivity index (χ1) is 14.0. The van der Waals surface area contributed by atoms with Crippen molar-refractivity contribution in [2.45, 2.75) is 13.5 Å². The van der Waals surface area contributed by atoms with Crippen molar-refractivity contribution in [1.82, 2.24) is 5.32 Å².